The molecule has 0 aromatic heterocycles. The summed E-state index contributed by atoms with van der Waals surface area (Å²) >= 11 is 12.3. The van der Waals surface area contributed by atoms with Gasteiger partial charge in [0.05, 0.1) is 23.5 Å². The molecule has 2 unspecified atom stereocenters. The van der Waals surface area contributed by atoms with E-state index in [4.69, 9.17) is 33.0 Å². The Morgan fingerprint density at radius 1 is 1.26 bits per heavy atom. The van der Waals surface area contributed by atoms with Gasteiger partial charge in [0.1, 0.15) is 0 Å². The Hall–Kier alpha value is -1.77. The van der Waals surface area contributed by atoms with Crippen molar-refractivity contribution in [3.63, 3.8) is 0 Å². The first kappa shape index (κ1) is 23.3. The first-order valence-electron chi connectivity index (χ1n) is 8.81. The van der Waals surface area contributed by atoms with E-state index in [0.29, 0.717) is 10.6 Å². The molecule has 0 aliphatic carbocycles. The summed E-state index contributed by atoms with van der Waals surface area (Å²) in [6, 6.07) is 6.99. The highest BCUT2D eigenvalue weighted by Crippen LogP contribution is 2.42. The van der Waals surface area contributed by atoms with Crippen LogP contribution in [0.15, 0.2) is 18.2 Å². The molecule has 1 rings (SSSR count). The van der Waals surface area contributed by atoms with Crippen molar-refractivity contribution in [2.75, 3.05) is 0 Å². The van der Waals surface area contributed by atoms with E-state index in [9.17, 15) is 14.9 Å². The minimum Gasteiger partial charge on any atom is -0.481 e. The van der Waals surface area contributed by atoms with Gasteiger partial charge in [0, 0.05) is 16.5 Å². The molecule has 0 aliphatic rings. The van der Waals surface area contributed by atoms with Gasteiger partial charge in [-0.25, -0.2) is 0 Å². The fourth-order valence-electron chi connectivity index (χ4n) is 2.99. The van der Waals surface area contributed by atoms with Crippen LogP contribution in [0.5, 0.6) is 0 Å². The molecule has 0 aliphatic heterocycles. The summed E-state index contributed by atoms with van der Waals surface area (Å²) in [4.78, 5) is 23.8. The Morgan fingerprint density at radius 3 is 2.33 bits per heavy atom. The number of halogens is 2. The Balaban J connectivity index is 3.40. The number of carbonyl (C=O) groups excluding carboxylic acids is 1. The predicted molar refractivity (Wildman–Crippen MR) is 105 cm³/mol. The molecule has 0 radical (unpaired) electrons. The van der Waals surface area contributed by atoms with Crippen LogP contribution in [0.1, 0.15) is 52.5 Å². The topological polar surface area (TPSA) is 87.4 Å². The largest absolute Gasteiger partial charge is 0.481 e. The summed E-state index contributed by atoms with van der Waals surface area (Å²) in [5.41, 5.74) is -0.773. The average Bonchev–Trinajstić information content (AvgIpc) is 2.55. The normalized spacial score (nSPS) is 14.5. The van der Waals surface area contributed by atoms with Crippen molar-refractivity contribution < 1.29 is 19.4 Å². The molecule has 0 saturated carbocycles. The molecule has 1 N–H and O–H groups in total. The van der Waals surface area contributed by atoms with Crippen LogP contribution < -0.4 is 0 Å². The highest BCUT2D eigenvalue weighted by Gasteiger charge is 2.41. The number of rotatable bonds is 9. The van der Waals surface area contributed by atoms with Crippen LogP contribution in [0.4, 0.5) is 0 Å². The molecular formula is C20H25Cl2NO4. The number of nitriles is 1. The Kier molecular flexibility index (Phi) is 8.59. The van der Waals surface area contributed by atoms with Crippen molar-refractivity contribution in [2.24, 2.45) is 11.8 Å². The van der Waals surface area contributed by atoms with E-state index in [1.807, 2.05) is 13.8 Å². The van der Waals surface area contributed by atoms with Crippen molar-refractivity contribution in [3.8, 4) is 6.07 Å². The van der Waals surface area contributed by atoms with Gasteiger partial charge < -0.3 is 9.84 Å². The monoisotopic (exact) mass is 413 g/mol. The lowest BCUT2D eigenvalue weighted by molar-refractivity contribution is -0.154. The number of esters is 1. The predicted octanol–water partition coefficient (Wildman–Crippen LogP) is 5.23. The molecule has 1 aromatic carbocycles. The van der Waals surface area contributed by atoms with Crippen LogP contribution in [0.3, 0.4) is 0 Å². The van der Waals surface area contributed by atoms with Gasteiger partial charge in [-0.15, -0.1) is 0 Å². The maximum absolute atomic E-state index is 12.6. The Labute approximate surface area is 170 Å². The van der Waals surface area contributed by atoms with E-state index in [1.165, 1.54) is 6.07 Å². The minimum absolute atomic E-state index is 0.0262. The number of carboxylic acids is 1. The molecule has 0 bridgehead atoms. The van der Waals surface area contributed by atoms with Gasteiger partial charge in [-0.05, 0) is 50.3 Å². The standard InChI is InChI=1S/C20H25Cl2NO4/c1-12(2)15(19(26)27-13(3)4)10-20(11-23,8-7-18(24)25)16-6-5-14(21)9-17(16)22/h5-6,9,12-13,15H,7-8,10H2,1-4H3,(H,24,25). The molecule has 7 heteroatoms. The highest BCUT2D eigenvalue weighted by atomic mass is 35.5. The van der Waals surface area contributed by atoms with E-state index >= 15 is 0 Å². The van der Waals surface area contributed by atoms with E-state index in [0.717, 1.165) is 0 Å². The summed E-state index contributed by atoms with van der Waals surface area (Å²) in [7, 11) is 0. The second-order valence-electron chi connectivity index (χ2n) is 7.25. The van der Waals surface area contributed by atoms with Crippen LogP contribution in [-0.2, 0) is 19.7 Å². The summed E-state index contributed by atoms with van der Waals surface area (Å²) in [5, 5.41) is 19.9. The van der Waals surface area contributed by atoms with Crippen LogP contribution in [0.25, 0.3) is 0 Å². The Bertz CT molecular complexity index is 727. The molecule has 2 atom stereocenters. The maximum atomic E-state index is 12.6. The summed E-state index contributed by atoms with van der Waals surface area (Å²) in [6.45, 7) is 7.25. The van der Waals surface area contributed by atoms with Gasteiger partial charge in [0.2, 0.25) is 0 Å². The van der Waals surface area contributed by atoms with Gasteiger partial charge in [-0.2, -0.15) is 5.26 Å². The van der Waals surface area contributed by atoms with Crippen LogP contribution in [-0.4, -0.2) is 23.1 Å². The molecule has 5 nitrogen and oxygen atoms in total. The first-order valence-corrected chi connectivity index (χ1v) is 9.57. The zero-order valence-corrected chi connectivity index (χ0v) is 17.5. The molecule has 0 heterocycles. The van der Waals surface area contributed by atoms with E-state index in [1.54, 1.807) is 26.0 Å². The number of carboxylic acid groups (broad SMARTS) is 1. The van der Waals surface area contributed by atoms with Gasteiger partial charge in [0.15, 0.2) is 0 Å². The average molecular weight is 414 g/mol. The van der Waals surface area contributed by atoms with Crippen molar-refractivity contribution in [1.29, 1.82) is 5.26 Å². The molecule has 0 fully saturated rings. The zero-order valence-electron chi connectivity index (χ0n) is 16.0. The third-order valence-electron chi connectivity index (χ3n) is 4.45. The number of aliphatic carboxylic acids is 1. The number of hydrogen-bond acceptors (Lipinski definition) is 4. The molecule has 0 amide bonds. The van der Waals surface area contributed by atoms with Gasteiger partial charge >= 0.3 is 11.9 Å². The fourth-order valence-corrected chi connectivity index (χ4v) is 3.58. The third kappa shape index (κ3) is 6.41. The van der Waals surface area contributed by atoms with E-state index in [2.05, 4.69) is 6.07 Å². The molecular weight excluding hydrogens is 389 g/mol. The van der Waals surface area contributed by atoms with Gasteiger partial charge in [0.25, 0.3) is 0 Å². The minimum atomic E-state index is -1.25. The number of benzene rings is 1. The van der Waals surface area contributed by atoms with E-state index in [-0.39, 0.29) is 36.3 Å². The number of ether oxygens (including phenoxy) is 1. The third-order valence-corrected chi connectivity index (χ3v) is 5.00. The molecule has 27 heavy (non-hydrogen) atoms. The lowest BCUT2D eigenvalue weighted by atomic mass is 9.69. The quantitative estimate of drug-likeness (QED) is 0.559. The van der Waals surface area contributed by atoms with Crippen molar-refractivity contribution in [3.05, 3.63) is 33.8 Å². The molecule has 0 spiro atoms. The van der Waals surface area contributed by atoms with Crippen molar-refractivity contribution >= 4 is 35.1 Å². The Morgan fingerprint density at radius 2 is 1.89 bits per heavy atom. The van der Waals surface area contributed by atoms with Crippen molar-refractivity contribution in [1.82, 2.24) is 0 Å². The lowest BCUT2D eigenvalue weighted by Gasteiger charge is -2.33. The second kappa shape index (κ2) is 9.96. The summed E-state index contributed by atoms with van der Waals surface area (Å²) in [5.74, 6) is -2.10. The summed E-state index contributed by atoms with van der Waals surface area (Å²) in [6.07, 6.45) is -0.371. The number of hydrogen-bond donors (Lipinski definition) is 1. The lowest BCUT2D eigenvalue weighted by Crippen LogP contribution is -2.35. The van der Waals surface area contributed by atoms with Crippen LogP contribution in [0, 0.1) is 23.2 Å². The zero-order chi connectivity index (χ0) is 20.8. The summed E-state index contributed by atoms with van der Waals surface area (Å²) < 4.78 is 5.36. The molecule has 148 valence electrons. The maximum Gasteiger partial charge on any atom is 0.309 e. The highest BCUT2D eigenvalue weighted by molar-refractivity contribution is 6.35. The second-order valence-corrected chi connectivity index (χ2v) is 8.10. The van der Waals surface area contributed by atoms with Crippen LogP contribution in [0.2, 0.25) is 10.0 Å². The number of carbonyl (C=O) groups is 2. The van der Waals surface area contributed by atoms with Crippen LogP contribution >= 0.6 is 23.2 Å². The fraction of sp³-hybridized carbons (Fsp3) is 0.550. The first-order chi connectivity index (χ1) is 12.5. The van der Waals surface area contributed by atoms with Crippen molar-refractivity contribution in [2.45, 2.75) is 58.5 Å². The van der Waals surface area contributed by atoms with E-state index < -0.39 is 23.3 Å². The number of nitrogens with zero attached hydrogens (tertiary/aromatic N) is 1. The SMILES string of the molecule is CC(C)OC(=O)C(CC(C#N)(CCC(=O)O)c1ccc(Cl)cc1Cl)C(C)C. The smallest absolute Gasteiger partial charge is 0.309 e. The molecule has 0 saturated heterocycles. The van der Waals surface area contributed by atoms with Gasteiger partial charge in [-0.1, -0.05) is 43.1 Å². The van der Waals surface area contributed by atoms with Gasteiger partial charge in [-0.3, -0.25) is 9.59 Å². The molecule has 1 aromatic rings.